The summed E-state index contributed by atoms with van der Waals surface area (Å²) in [6, 6.07) is 13.7. The molecule has 130 valence electrons. The van der Waals surface area contributed by atoms with Crippen molar-refractivity contribution in [2.24, 2.45) is 5.10 Å². The van der Waals surface area contributed by atoms with Gasteiger partial charge in [-0.25, -0.2) is 5.43 Å². The van der Waals surface area contributed by atoms with E-state index in [-0.39, 0.29) is 5.91 Å². The molecule has 3 rings (SSSR count). The Labute approximate surface area is 151 Å². The van der Waals surface area contributed by atoms with E-state index in [0.717, 1.165) is 16.2 Å². The highest BCUT2D eigenvalue weighted by Crippen LogP contribution is 2.30. The minimum Gasteiger partial charge on any atom is -0.486 e. The van der Waals surface area contributed by atoms with E-state index in [1.165, 1.54) is 17.3 Å². The number of aryl methyl sites for hydroxylation is 1. The van der Waals surface area contributed by atoms with Crippen LogP contribution in [-0.4, -0.2) is 30.6 Å². The number of amides is 1. The first-order valence-electron chi connectivity index (χ1n) is 8.04. The zero-order valence-electron chi connectivity index (χ0n) is 14.2. The van der Waals surface area contributed by atoms with Crippen molar-refractivity contribution in [3.05, 3.63) is 53.6 Å². The second-order valence-corrected chi connectivity index (χ2v) is 6.74. The number of carbonyl (C=O) groups is 1. The number of hydrogen-bond donors (Lipinski definition) is 1. The fraction of sp³-hybridized carbons (Fsp3) is 0.263. The van der Waals surface area contributed by atoms with Gasteiger partial charge in [0.1, 0.15) is 13.2 Å². The smallest absolute Gasteiger partial charge is 0.250 e. The molecule has 1 aliphatic heterocycles. The van der Waals surface area contributed by atoms with Gasteiger partial charge < -0.3 is 9.47 Å². The summed E-state index contributed by atoms with van der Waals surface area (Å²) in [7, 11) is 0. The van der Waals surface area contributed by atoms with Gasteiger partial charge in [-0.2, -0.15) is 5.10 Å². The van der Waals surface area contributed by atoms with E-state index < -0.39 is 0 Å². The fourth-order valence-corrected chi connectivity index (χ4v) is 2.99. The summed E-state index contributed by atoms with van der Waals surface area (Å²) in [6.07, 6.45) is 0. The zero-order valence-corrected chi connectivity index (χ0v) is 15.1. The van der Waals surface area contributed by atoms with Crippen LogP contribution in [0.1, 0.15) is 18.1 Å². The van der Waals surface area contributed by atoms with Crippen LogP contribution in [0, 0.1) is 6.92 Å². The van der Waals surface area contributed by atoms with Crippen molar-refractivity contribution in [2.45, 2.75) is 18.7 Å². The molecule has 2 aromatic rings. The van der Waals surface area contributed by atoms with Crippen molar-refractivity contribution in [1.29, 1.82) is 0 Å². The molecular weight excluding hydrogens is 336 g/mol. The molecule has 0 aromatic heterocycles. The highest BCUT2D eigenvalue weighted by atomic mass is 32.2. The van der Waals surface area contributed by atoms with Gasteiger partial charge in [-0.1, -0.05) is 17.7 Å². The van der Waals surface area contributed by atoms with Gasteiger partial charge in [0, 0.05) is 10.5 Å². The van der Waals surface area contributed by atoms with E-state index in [9.17, 15) is 4.79 Å². The van der Waals surface area contributed by atoms with Crippen LogP contribution < -0.4 is 14.9 Å². The summed E-state index contributed by atoms with van der Waals surface area (Å²) < 4.78 is 11.1. The molecule has 5 nitrogen and oxygen atoms in total. The third kappa shape index (κ3) is 4.76. The van der Waals surface area contributed by atoms with Gasteiger partial charge in [0.05, 0.1) is 11.5 Å². The second kappa shape index (κ2) is 8.07. The molecule has 0 saturated heterocycles. The Balaban J connectivity index is 1.55. The Kier molecular flexibility index (Phi) is 5.60. The van der Waals surface area contributed by atoms with Crippen molar-refractivity contribution < 1.29 is 14.3 Å². The Morgan fingerprint density at radius 1 is 1.12 bits per heavy atom. The molecule has 0 unspecified atom stereocenters. The molecule has 25 heavy (non-hydrogen) atoms. The van der Waals surface area contributed by atoms with E-state index in [1.54, 1.807) is 0 Å². The maximum Gasteiger partial charge on any atom is 0.250 e. The summed E-state index contributed by atoms with van der Waals surface area (Å²) in [6.45, 7) is 4.99. The van der Waals surface area contributed by atoms with E-state index in [2.05, 4.69) is 10.5 Å². The third-order valence-corrected chi connectivity index (χ3v) is 4.71. The maximum absolute atomic E-state index is 12.0. The van der Waals surface area contributed by atoms with Crippen molar-refractivity contribution in [3.8, 4) is 11.5 Å². The van der Waals surface area contributed by atoms with Crippen LogP contribution in [0.2, 0.25) is 0 Å². The average molecular weight is 356 g/mol. The summed E-state index contributed by atoms with van der Waals surface area (Å²) >= 11 is 1.49. The van der Waals surface area contributed by atoms with Crippen LogP contribution in [-0.2, 0) is 4.79 Å². The van der Waals surface area contributed by atoms with E-state index >= 15 is 0 Å². The molecular formula is C19H20N2O3S. The number of carbonyl (C=O) groups excluding carboxylic acids is 1. The Hall–Kier alpha value is -2.47. The molecule has 0 aliphatic carbocycles. The van der Waals surface area contributed by atoms with Crippen LogP contribution >= 0.6 is 11.8 Å². The normalized spacial score (nSPS) is 13.4. The van der Waals surface area contributed by atoms with Crippen LogP contribution in [0.15, 0.2) is 52.5 Å². The number of nitrogens with zero attached hydrogens (tertiary/aromatic N) is 1. The summed E-state index contributed by atoms with van der Waals surface area (Å²) in [5.74, 6) is 1.63. The van der Waals surface area contributed by atoms with Crippen LogP contribution in [0.25, 0.3) is 0 Å². The van der Waals surface area contributed by atoms with Gasteiger partial charge in [0.15, 0.2) is 11.5 Å². The number of hydrogen-bond acceptors (Lipinski definition) is 5. The Morgan fingerprint density at radius 2 is 1.84 bits per heavy atom. The lowest BCUT2D eigenvalue weighted by atomic mass is 10.1. The molecule has 0 fully saturated rings. The molecule has 1 N–H and O–H groups in total. The van der Waals surface area contributed by atoms with Crippen LogP contribution in [0.3, 0.4) is 0 Å². The number of hydrazone groups is 1. The molecule has 2 aromatic carbocycles. The second-order valence-electron chi connectivity index (χ2n) is 5.69. The third-order valence-electron chi connectivity index (χ3n) is 3.70. The van der Waals surface area contributed by atoms with E-state index in [4.69, 9.17) is 9.47 Å². The monoisotopic (exact) mass is 356 g/mol. The molecule has 0 spiro atoms. The summed E-state index contributed by atoms with van der Waals surface area (Å²) in [4.78, 5) is 13.0. The van der Waals surface area contributed by atoms with Crippen molar-refractivity contribution in [1.82, 2.24) is 5.43 Å². The first-order chi connectivity index (χ1) is 12.1. The maximum atomic E-state index is 12.0. The quantitative estimate of drug-likeness (QED) is 0.507. The zero-order chi connectivity index (χ0) is 17.6. The minimum absolute atomic E-state index is 0.137. The molecule has 0 atom stereocenters. The average Bonchev–Trinajstić information content (AvgIpc) is 2.65. The molecule has 0 radical (unpaired) electrons. The highest BCUT2D eigenvalue weighted by Gasteiger charge is 2.12. The van der Waals surface area contributed by atoms with Crippen molar-refractivity contribution in [2.75, 3.05) is 19.0 Å². The van der Waals surface area contributed by atoms with Crippen LogP contribution in [0.5, 0.6) is 11.5 Å². The fourth-order valence-electron chi connectivity index (χ4n) is 2.29. The van der Waals surface area contributed by atoms with Crippen molar-refractivity contribution in [3.63, 3.8) is 0 Å². The van der Waals surface area contributed by atoms with Gasteiger partial charge in [-0.05, 0) is 44.2 Å². The molecule has 0 saturated carbocycles. The number of ether oxygens (including phenoxy) is 2. The lowest BCUT2D eigenvalue weighted by molar-refractivity contribution is -0.118. The van der Waals surface area contributed by atoms with E-state index in [0.29, 0.717) is 30.4 Å². The largest absolute Gasteiger partial charge is 0.486 e. The predicted octanol–water partition coefficient (Wildman–Crippen LogP) is 3.40. The first kappa shape index (κ1) is 17.4. The number of nitrogens with one attached hydrogen (secondary N) is 1. The lowest BCUT2D eigenvalue weighted by Gasteiger charge is -2.18. The van der Waals surface area contributed by atoms with Gasteiger partial charge in [0.25, 0.3) is 0 Å². The SMILES string of the molecule is C/C(=N/NC(=O)CSc1ccc(C)cc1)c1ccc2c(c1)OCCO2. The Bertz CT molecular complexity index is 788. The molecule has 1 heterocycles. The standard InChI is InChI=1S/C19H20N2O3S/c1-13-3-6-16(7-4-13)25-12-19(22)21-20-14(2)15-5-8-17-18(11-15)24-10-9-23-17/h3-8,11H,9-10,12H2,1-2H3,(H,21,22)/b20-14-. The number of fused-ring (bicyclic) bond motifs is 1. The molecule has 0 bridgehead atoms. The lowest BCUT2D eigenvalue weighted by Crippen LogP contribution is -2.21. The minimum atomic E-state index is -0.137. The number of thioether (sulfide) groups is 1. The number of benzene rings is 2. The van der Waals surface area contributed by atoms with Crippen LogP contribution in [0.4, 0.5) is 0 Å². The van der Waals surface area contributed by atoms with Gasteiger partial charge in [-0.3, -0.25) is 4.79 Å². The molecule has 1 aliphatic rings. The molecule has 1 amide bonds. The summed E-state index contributed by atoms with van der Waals surface area (Å²) in [5, 5.41) is 4.18. The Morgan fingerprint density at radius 3 is 2.60 bits per heavy atom. The van der Waals surface area contributed by atoms with Crippen molar-refractivity contribution >= 4 is 23.4 Å². The predicted molar refractivity (Wildman–Crippen MR) is 99.7 cm³/mol. The van der Waals surface area contributed by atoms with Gasteiger partial charge in [0.2, 0.25) is 5.91 Å². The highest BCUT2D eigenvalue weighted by molar-refractivity contribution is 8.00. The van der Waals surface area contributed by atoms with Gasteiger partial charge >= 0.3 is 0 Å². The molecule has 6 heteroatoms. The topological polar surface area (TPSA) is 59.9 Å². The van der Waals surface area contributed by atoms with E-state index in [1.807, 2.05) is 56.3 Å². The first-order valence-corrected chi connectivity index (χ1v) is 9.03. The van der Waals surface area contributed by atoms with Gasteiger partial charge in [-0.15, -0.1) is 11.8 Å². The summed E-state index contributed by atoms with van der Waals surface area (Å²) in [5.41, 5.74) is 5.40. The number of rotatable bonds is 5.